The predicted molar refractivity (Wildman–Crippen MR) is 82.0 cm³/mol. The molecule has 0 aliphatic heterocycles. The normalized spacial score (nSPS) is 13.1. The first-order valence-corrected chi connectivity index (χ1v) is 8.15. The molecule has 0 fully saturated rings. The van der Waals surface area contributed by atoms with Crippen LogP contribution in [0.5, 0.6) is 0 Å². The zero-order chi connectivity index (χ0) is 15.5. The summed E-state index contributed by atoms with van der Waals surface area (Å²) < 4.78 is 27.4. The van der Waals surface area contributed by atoms with Crippen molar-refractivity contribution >= 4 is 10.0 Å². The summed E-state index contributed by atoms with van der Waals surface area (Å²) in [6.07, 6.45) is 1.33. The van der Waals surface area contributed by atoms with E-state index in [1.807, 2.05) is 38.1 Å². The van der Waals surface area contributed by atoms with Gasteiger partial charge in [-0.2, -0.15) is 0 Å². The zero-order valence-electron chi connectivity index (χ0n) is 12.1. The Bertz CT molecular complexity index is 712. The van der Waals surface area contributed by atoms with Crippen LogP contribution in [0.15, 0.2) is 47.5 Å². The van der Waals surface area contributed by atoms with Gasteiger partial charge in [-0.3, -0.25) is 4.98 Å². The minimum absolute atomic E-state index is 0.139. The number of nitrogens with zero attached hydrogens (tertiary/aromatic N) is 1. The van der Waals surface area contributed by atoms with Crippen LogP contribution in [0, 0.1) is 6.92 Å². The smallest absolute Gasteiger partial charge is 0.242 e. The van der Waals surface area contributed by atoms with Gasteiger partial charge in [0.25, 0.3) is 0 Å². The molecular formula is C15H19N3O2S. The number of aromatic nitrogens is 1. The van der Waals surface area contributed by atoms with Crippen molar-refractivity contribution in [3.05, 3.63) is 59.4 Å². The van der Waals surface area contributed by atoms with Gasteiger partial charge >= 0.3 is 0 Å². The maximum atomic E-state index is 12.3. The molecule has 0 aliphatic rings. The van der Waals surface area contributed by atoms with E-state index < -0.39 is 10.0 Å². The second-order valence-electron chi connectivity index (χ2n) is 4.89. The van der Waals surface area contributed by atoms with E-state index in [4.69, 9.17) is 5.73 Å². The molecule has 0 saturated heterocycles. The lowest BCUT2D eigenvalue weighted by Crippen LogP contribution is -2.27. The molecule has 0 aliphatic carbocycles. The van der Waals surface area contributed by atoms with Crippen molar-refractivity contribution in [3.8, 4) is 0 Å². The number of pyridine rings is 1. The maximum absolute atomic E-state index is 12.3. The molecule has 3 N–H and O–H groups in total. The number of sulfonamides is 1. The number of nitrogens with one attached hydrogen (secondary N) is 1. The van der Waals surface area contributed by atoms with Gasteiger partial charge in [0.2, 0.25) is 10.0 Å². The highest BCUT2D eigenvalue weighted by molar-refractivity contribution is 7.89. The number of aryl methyl sites for hydroxylation is 1. The van der Waals surface area contributed by atoms with E-state index >= 15 is 0 Å². The SMILES string of the molecule is Cc1ccccc1C(C)NS(=O)(=O)c1ccc(CN)nc1. The molecule has 1 heterocycles. The number of rotatable bonds is 5. The van der Waals surface area contributed by atoms with E-state index in [0.717, 1.165) is 11.1 Å². The quantitative estimate of drug-likeness (QED) is 0.883. The molecule has 1 aromatic carbocycles. The monoisotopic (exact) mass is 305 g/mol. The molecular weight excluding hydrogens is 286 g/mol. The van der Waals surface area contributed by atoms with Crippen LogP contribution in [0.2, 0.25) is 0 Å². The summed E-state index contributed by atoms with van der Waals surface area (Å²) in [4.78, 5) is 4.16. The number of hydrogen-bond acceptors (Lipinski definition) is 4. The molecule has 5 nitrogen and oxygen atoms in total. The molecule has 0 bridgehead atoms. The van der Waals surface area contributed by atoms with Crippen molar-refractivity contribution in [3.63, 3.8) is 0 Å². The molecule has 1 atom stereocenters. The Morgan fingerprint density at radius 2 is 1.95 bits per heavy atom. The Hall–Kier alpha value is -1.76. The first kappa shape index (κ1) is 15.6. The highest BCUT2D eigenvalue weighted by Gasteiger charge is 2.19. The van der Waals surface area contributed by atoms with Crippen LogP contribution in [0.1, 0.15) is 29.8 Å². The van der Waals surface area contributed by atoms with E-state index in [2.05, 4.69) is 9.71 Å². The lowest BCUT2D eigenvalue weighted by atomic mass is 10.0. The van der Waals surface area contributed by atoms with Gasteiger partial charge in [0.1, 0.15) is 4.90 Å². The largest absolute Gasteiger partial charge is 0.325 e. The summed E-state index contributed by atoms with van der Waals surface area (Å²) in [6, 6.07) is 10.5. The average Bonchev–Trinajstić information content (AvgIpc) is 2.47. The minimum Gasteiger partial charge on any atom is -0.325 e. The van der Waals surface area contributed by atoms with Crippen LogP contribution in [-0.2, 0) is 16.6 Å². The van der Waals surface area contributed by atoms with Gasteiger partial charge in [-0.15, -0.1) is 0 Å². The van der Waals surface area contributed by atoms with Gasteiger partial charge in [-0.1, -0.05) is 24.3 Å². The standard InChI is InChI=1S/C15H19N3O2S/c1-11-5-3-4-6-15(11)12(2)18-21(19,20)14-8-7-13(9-16)17-10-14/h3-8,10,12,18H,9,16H2,1-2H3. The van der Waals surface area contributed by atoms with E-state index in [-0.39, 0.29) is 17.5 Å². The fraction of sp³-hybridized carbons (Fsp3) is 0.267. The second-order valence-corrected chi connectivity index (χ2v) is 6.60. The predicted octanol–water partition coefficient (Wildman–Crippen LogP) is 1.89. The van der Waals surface area contributed by atoms with Gasteiger partial charge in [-0.25, -0.2) is 13.1 Å². The number of nitrogens with two attached hydrogens (primary N) is 1. The second kappa shape index (κ2) is 6.34. The molecule has 6 heteroatoms. The molecule has 2 rings (SSSR count). The van der Waals surface area contributed by atoms with Gasteiger partial charge < -0.3 is 5.73 Å². The third-order valence-electron chi connectivity index (χ3n) is 3.30. The Kier molecular flexibility index (Phi) is 4.72. The summed E-state index contributed by atoms with van der Waals surface area (Å²) in [5, 5.41) is 0. The molecule has 21 heavy (non-hydrogen) atoms. The van der Waals surface area contributed by atoms with Crippen LogP contribution in [0.3, 0.4) is 0 Å². The third-order valence-corrected chi connectivity index (χ3v) is 4.83. The molecule has 2 aromatic rings. The zero-order valence-corrected chi connectivity index (χ0v) is 12.9. The molecule has 1 unspecified atom stereocenters. The van der Waals surface area contributed by atoms with Crippen molar-refractivity contribution < 1.29 is 8.42 Å². The maximum Gasteiger partial charge on any atom is 0.242 e. The average molecular weight is 305 g/mol. The molecule has 0 amide bonds. The Morgan fingerprint density at radius 3 is 2.52 bits per heavy atom. The van der Waals surface area contributed by atoms with Crippen molar-refractivity contribution in [1.29, 1.82) is 0 Å². The van der Waals surface area contributed by atoms with Crippen molar-refractivity contribution in [2.45, 2.75) is 31.3 Å². The Labute approximate surface area is 125 Å². The van der Waals surface area contributed by atoms with E-state index in [9.17, 15) is 8.42 Å². The lowest BCUT2D eigenvalue weighted by molar-refractivity contribution is 0.566. The molecule has 1 aromatic heterocycles. The molecule has 0 radical (unpaired) electrons. The van der Waals surface area contributed by atoms with Crippen molar-refractivity contribution in [2.75, 3.05) is 0 Å². The van der Waals surface area contributed by atoms with Gasteiger partial charge in [0.05, 0.1) is 5.69 Å². The highest BCUT2D eigenvalue weighted by Crippen LogP contribution is 2.19. The van der Waals surface area contributed by atoms with E-state index in [1.54, 1.807) is 6.07 Å². The first-order chi connectivity index (χ1) is 9.94. The van der Waals surface area contributed by atoms with Crippen LogP contribution in [-0.4, -0.2) is 13.4 Å². The third kappa shape index (κ3) is 3.66. The van der Waals surface area contributed by atoms with Crippen molar-refractivity contribution in [1.82, 2.24) is 9.71 Å². The fourth-order valence-electron chi connectivity index (χ4n) is 2.13. The van der Waals surface area contributed by atoms with Crippen LogP contribution < -0.4 is 10.5 Å². The molecule has 112 valence electrons. The van der Waals surface area contributed by atoms with Crippen LogP contribution >= 0.6 is 0 Å². The van der Waals surface area contributed by atoms with Gasteiger partial charge in [0.15, 0.2) is 0 Å². The number of hydrogen-bond donors (Lipinski definition) is 2. The van der Waals surface area contributed by atoms with Crippen LogP contribution in [0.4, 0.5) is 0 Å². The first-order valence-electron chi connectivity index (χ1n) is 6.67. The van der Waals surface area contributed by atoms with Gasteiger partial charge in [-0.05, 0) is 37.1 Å². The molecule has 0 saturated carbocycles. The fourth-order valence-corrected chi connectivity index (χ4v) is 3.29. The van der Waals surface area contributed by atoms with E-state index in [0.29, 0.717) is 5.69 Å². The van der Waals surface area contributed by atoms with Crippen molar-refractivity contribution in [2.24, 2.45) is 5.73 Å². The molecule has 0 spiro atoms. The minimum atomic E-state index is -3.60. The summed E-state index contributed by atoms with van der Waals surface area (Å²) >= 11 is 0. The number of benzene rings is 1. The lowest BCUT2D eigenvalue weighted by Gasteiger charge is -2.16. The highest BCUT2D eigenvalue weighted by atomic mass is 32.2. The topological polar surface area (TPSA) is 85.1 Å². The summed E-state index contributed by atoms with van der Waals surface area (Å²) in [5.41, 5.74) is 8.11. The summed E-state index contributed by atoms with van der Waals surface area (Å²) in [7, 11) is -3.60. The van der Waals surface area contributed by atoms with Gasteiger partial charge in [0, 0.05) is 18.8 Å². The summed E-state index contributed by atoms with van der Waals surface area (Å²) in [6.45, 7) is 4.06. The van der Waals surface area contributed by atoms with Crippen LogP contribution in [0.25, 0.3) is 0 Å². The van der Waals surface area contributed by atoms with E-state index in [1.165, 1.54) is 12.3 Å². The summed E-state index contributed by atoms with van der Waals surface area (Å²) in [5.74, 6) is 0. The Balaban J connectivity index is 2.22. The Morgan fingerprint density at radius 1 is 1.24 bits per heavy atom.